The quantitative estimate of drug-likeness (QED) is 0.782. The van der Waals surface area contributed by atoms with Gasteiger partial charge in [-0.2, -0.15) is 0 Å². The third-order valence-corrected chi connectivity index (χ3v) is 3.10. The highest BCUT2D eigenvalue weighted by Gasteiger charge is 2.24. The summed E-state index contributed by atoms with van der Waals surface area (Å²) >= 11 is 5.02. The molecule has 0 aliphatic heterocycles. The van der Waals surface area contributed by atoms with Crippen molar-refractivity contribution >= 4 is 23.1 Å². The van der Waals surface area contributed by atoms with Crippen LogP contribution in [0.25, 0.3) is 0 Å². The highest BCUT2D eigenvalue weighted by Crippen LogP contribution is 2.16. The number of rotatable bonds is 6. The fourth-order valence-electron chi connectivity index (χ4n) is 1.64. The summed E-state index contributed by atoms with van der Waals surface area (Å²) in [6.45, 7) is 3.70. The minimum atomic E-state index is -0.512. The van der Waals surface area contributed by atoms with Crippen molar-refractivity contribution < 1.29 is 9.53 Å². The van der Waals surface area contributed by atoms with Gasteiger partial charge in [-0.1, -0.05) is 42.5 Å². The molecule has 0 aliphatic rings. The molecule has 1 aromatic rings. The van der Waals surface area contributed by atoms with E-state index in [2.05, 4.69) is 5.32 Å². The molecular weight excluding hydrogens is 260 g/mol. The third-order valence-electron chi connectivity index (χ3n) is 2.86. The predicted octanol–water partition coefficient (Wildman–Crippen LogP) is 1.95. The molecule has 0 aliphatic carbocycles. The zero-order chi connectivity index (χ0) is 14.5. The number of amides is 1. The van der Waals surface area contributed by atoms with E-state index in [4.69, 9.17) is 22.7 Å². The van der Waals surface area contributed by atoms with Gasteiger partial charge >= 0.3 is 0 Å². The molecule has 3 N–H and O–H groups in total. The highest BCUT2D eigenvalue weighted by atomic mass is 32.1. The van der Waals surface area contributed by atoms with E-state index in [1.807, 2.05) is 44.2 Å². The van der Waals surface area contributed by atoms with Gasteiger partial charge in [0, 0.05) is 7.11 Å². The van der Waals surface area contributed by atoms with Crippen LogP contribution in [0.15, 0.2) is 30.3 Å². The normalized spacial score (nSPS) is 12.8. The molecule has 0 bridgehead atoms. The monoisotopic (exact) mass is 280 g/mol. The van der Waals surface area contributed by atoms with Crippen molar-refractivity contribution in [3.63, 3.8) is 0 Å². The first kappa shape index (κ1) is 15.6. The second-order valence-electron chi connectivity index (χ2n) is 4.95. The van der Waals surface area contributed by atoms with E-state index in [0.717, 1.165) is 5.56 Å². The number of nitrogens with one attached hydrogen (secondary N) is 1. The van der Waals surface area contributed by atoms with Crippen molar-refractivity contribution in [1.82, 2.24) is 5.32 Å². The molecule has 1 amide bonds. The summed E-state index contributed by atoms with van der Waals surface area (Å²) in [6.07, 6.45) is 0.245. The first-order chi connectivity index (χ1) is 8.85. The van der Waals surface area contributed by atoms with Gasteiger partial charge in [-0.25, -0.2) is 0 Å². The Kier molecular flexibility index (Phi) is 5.44. The molecule has 0 saturated carbocycles. The smallest absolute Gasteiger partial charge is 0.223 e. The average Bonchev–Trinajstić information content (AvgIpc) is 2.36. The fraction of sp³-hybridized carbons (Fsp3) is 0.429. The minimum Gasteiger partial charge on any atom is -0.391 e. The third kappa shape index (κ3) is 4.96. The molecule has 1 atom stereocenters. The zero-order valence-corrected chi connectivity index (χ0v) is 12.3. The number of methoxy groups -OCH3 is 1. The highest BCUT2D eigenvalue weighted by molar-refractivity contribution is 7.80. The van der Waals surface area contributed by atoms with E-state index in [1.54, 1.807) is 7.11 Å². The van der Waals surface area contributed by atoms with Gasteiger partial charge in [0.1, 0.15) is 11.0 Å². The SMILES string of the molecule is COC(C)(C)CC(=O)NC(C(N)=S)c1ccccc1. The van der Waals surface area contributed by atoms with Crippen molar-refractivity contribution in [2.45, 2.75) is 31.9 Å². The minimum absolute atomic E-state index is 0.145. The van der Waals surface area contributed by atoms with Gasteiger partial charge in [0.25, 0.3) is 0 Å². The van der Waals surface area contributed by atoms with Crippen LogP contribution < -0.4 is 11.1 Å². The Morgan fingerprint density at radius 3 is 2.47 bits per heavy atom. The Balaban J connectivity index is 2.76. The van der Waals surface area contributed by atoms with E-state index < -0.39 is 11.6 Å². The van der Waals surface area contributed by atoms with Crippen molar-refractivity contribution in [3.8, 4) is 0 Å². The lowest BCUT2D eigenvalue weighted by Crippen LogP contribution is -2.40. The van der Waals surface area contributed by atoms with Gasteiger partial charge in [-0.3, -0.25) is 4.79 Å². The second-order valence-corrected chi connectivity index (χ2v) is 5.43. The lowest BCUT2D eigenvalue weighted by Gasteiger charge is -2.24. The molecule has 19 heavy (non-hydrogen) atoms. The summed E-state index contributed by atoms with van der Waals surface area (Å²) in [5.74, 6) is -0.145. The average molecular weight is 280 g/mol. The van der Waals surface area contributed by atoms with Crippen LogP contribution in [0, 0.1) is 0 Å². The topological polar surface area (TPSA) is 64.3 Å². The van der Waals surface area contributed by atoms with Crippen LogP contribution in [0.4, 0.5) is 0 Å². The fourth-order valence-corrected chi connectivity index (χ4v) is 1.83. The number of ether oxygens (including phenoxy) is 1. The van der Waals surface area contributed by atoms with Crippen LogP contribution in [-0.2, 0) is 9.53 Å². The van der Waals surface area contributed by atoms with Gasteiger partial charge in [-0.05, 0) is 19.4 Å². The number of carbonyl (C=O) groups is 1. The first-order valence-electron chi connectivity index (χ1n) is 6.04. The maximum absolute atomic E-state index is 12.0. The molecule has 5 heteroatoms. The Labute approximate surface area is 119 Å². The summed E-state index contributed by atoms with van der Waals surface area (Å²) in [6, 6.07) is 8.97. The lowest BCUT2D eigenvalue weighted by atomic mass is 10.0. The lowest BCUT2D eigenvalue weighted by molar-refractivity contribution is -0.126. The summed E-state index contributed by atoms with van der Waals surface area (Å²) in [5, 5.41) is 2.84. The summed E-state index contributed by atoms with van der Waals surface area (Å²) in [4.78, 5) is 12.2. The van der Waals surface area contributed by atoms with E-state index in [9.17, 15) is 4.79 Å². The van der Waals surface area contributed by atoms with Crippen molar-refractivity contribution in [3.05, 3.63) is 35.9 Å². The number of hydrogen-bond acceptors (Lipinski definition) is 3. The molecule has 104 valence electrons. The number of nitrogens with two attached hydrogens (primary N) is 1. The Morgan fingerprint density at radius 1 is 1.42 bits per heavy atom. The van der Waals surface area contributed by atoms with Gasteiger partial charge in [0.2, 0.25) is 5.91 Å². The molecule has 0 fully saturated rings. The molecule has 0 aromatic heterocycles. The van der Waals surface area contributed by atoms with Gasteiger partial charge < -0.3 is 15.8 Å². The van der Waals surface area contributed by atoms with Crippen LogP contribution in [0.2, 0.25) is 0 Å². The van der Waals surface area contributed by atoms with Crippen molar-refractivity contribution in [2.24, 2.45) is 5.73 Å². The van der Waals surface area contributed by atoms with Crippen molar-refractivity contribution in [1.29, 1.82) is 0 Å². The predicted molar refractivity (Wildman–Crippen MR) is 79.8 cm³/mol. The Morgan fingerprint density at radius 2 is 2.00 bits per heavy atom. The number of benzene rings is 1. The maximum Gasteiger partial charge on any atom is 0.223 e. The largest absolute Gasteiger partial charge is 0.391 e. The van der Waals surface area contributed by atoms with Gasteiger partial charge in [-0.15, -0.1) is 0 Å². The maximum atomic E-state index is 12.0. The molecule has 1 aromatic carbocycles. The second kappa shape index (κ2) is 6.63. The number of hydrogen-bond donors (Lipinski definition) is 2. The van der Waals surface area contributed by atoms with Crippen LogP contribution in [0.5, 0.6) is 0 Å². The summed E-state index contributed by atoms with van der Waals surface area (Å²) in [7, 11) is 1.58. The van der Waals surface area contributed by atoms with Gasteiger partial charge in [0.05, 0.1) is 12.0 Å². The van der Waals surface area contributed by atoms with Crippen molar-refractivity contribution in [2.75, 3.05) is 7.11 Å². The number of carbonyl (C=O) groups excluding carboxylic acids is 1. The Bertz CT molecular complexity index is 446. The summed E-state index contributed by atoms with van der Waals surface area (Å²) < 4.78 is 5.23. The van der Waals surface area contributed by atoms with Gasteiger partial charge in [0.15, 0.2) is 0 Å². The molecule has 0 radical (unpaired) electrons. The molecule has 4 nitrogen and oxygen atoms in total. The molecule has 0 spiro atoms. The van der Waals surface area contributed by atoms with Crippen LogP contribution in [0.1, 0.15) is 31.9 Å². The van der Waals surface area contributed by atoms with E-state index >= 15 is 0 Å². The Hall–Kier alpha value is -1.46. The van der Waals surface area contributed by atoms with Crippen LogP contribution in [0.3, 0.4) is 0 Å². The van der Waals surface area contributed by atoms with Crippen LogP contribution >= 0.6 is 12.2 Å². The molecule has 0 heterocycles. The molecule has 0 saturated heterocycles. The van der Waals surface area contributed by atoms with E-state index in [-0.39, 0.29) is 17.3 Å². The van der Waals surface area contributed by atoms with E-state index in [0.29, 0.717) is 0 Å². The van der Waals surface area contributed by atoms with Crippen LogP contribution in [-0.4, -0.2) is 23.6 Å². The number of thiocarbonyl (C=S) groups is 1. The zero-order valence-electron chi connectivity index (χ0n) is 11.5. The standard InChI is InChI=1S/C14H20N2O2S/c1-14(2,18-3)9-11(17)16-12(13(15)19)10-7-5-4-6-8-10/h4-8,12H,9H2,1-3H3,(H2,15,19)(H,16,17). The molecule has 1 unspecified atom stereocenters. The molecular formula is C14H20N2O2S. The van der Waals surface area contributed by atoms with E-state index in [1.165, 1.54) is 0 Å². The molecule has 1 rings (SSSR count). The first-order valence-corrected chi connectivity index (χ1v) is 6.45. The summed E-state index contributed by atoms with van der Waals surface area (Å²) in [5.41, 5.74) is 6.06.